The highest BCUT2D eigenvalue weighted by Crippen LogP contribution is 2.33. The van der Waals surface area contributed by atoms with Crippen molar-refractivity contribution in [3.05, 3.63) is 45.9 Å². The predicted octanol–water partition coefficient (Wildman–Crippen LogP) is 1.88. The molecule has 102 valence electrons. The summed E-state index contributed by atoms with van der Waals surface area (Å²) in [6.07, 6.45) is 1.61. The maximum Gasteiger partial charge on any atom is 0.161 e. The van der Waals surface area contributed by atoms with Crippen LogP contribution in [0.2, 0.25) is 0 Å². The van der Waals surface area contributed by atoms with Crippen LogP contribution in [0.5, 0.6) is 5.75 Å². The molecule has 2 rings (SSSR count). The summed E-state index contributed by atoms with van der Waals surface area (Å²) in [4.78, 5) is 0. The molecule has 1 aromatic carbocycles. The molecule has 1 aromatic heterocycles. The summed E-state index contributed by atoms with van der Waals surface area (Å²) in [5, 5.41) is 4.14. The van der Waals surface area contributed by atoms with Crippen molar-refractivity contribution in [2.75, 3.05) is 7.11 Å². The Bertz CT molecular complexity index is 587. The Balaban J connectivity index is 2.52. The Kier molecular flexibility index (Phi) is 4.18. The number of halogens is 2. The second kappa shape index (κ2) is 5.68. The third kappa shape index (κ3) is 2.63. The fourth-order valence-corrected chi connectivity index (χ4v) is 2.54. The lowest BCUT2D eigenvalue weighted by molar-refractivity contribution is 0.401. The summed E-state index contributed by atoms with van der Waals surface area (Å²) in [5.74, 6) is 5.93. The van der Waals surface area contributed by atoms with E-state index >= 15 is 0 Å². The standard InChI is InChI=1S/C12H14BrFN4O/c1-18-12(10(19-2)6-16-18)11(17-15)8-4-3-7(14)5-9(8)13/h3-6,11,17H,15H2,1-2H3. The number of ether oxygens (including phenoxy) is 1. The molecule has 0 spiro atoms. The zero-order valence-electron chi connectivity index (χ0n) is 10.5. The Hall–Kier alpha value is -1.44. The lowest BCUT2D eigenvalue weighted by Gasteiger charge is -2.19. The number of nitrogens with two attached hydrogens (primary N) is 1. The van der Waals surface area contributed by atoms with Crippen molar-refractivity contribution >= 4 is 15.9 Å². The molecule has 7 heteroatoms. The maximum absolute atomic E-state index is 13.2. The lowest BCUT2D eigenvalue weighted by Crippen LogP contribution is -2.31. The topological polar surface area (TPSA) is 65.1 Å². The molecule has 0 bridgehead atoms. The van der Waals surface area contributed by atoms with Crippen molar-refractivity contribution in [3.8, 4) is 5.75 Å². The molecular formula is C12H14BrFN4O. The van der Waals surface area contributed by atoms with E-state index < -0.39 is 0 Å². The number of hydrogen-bond acceptors (Lipinski definition) is 4. The lowest BCUT2D eigenvalue weighted by atomic mass is 10.0. The molecule has 19 heavy (non-hydrogen) atoms. The van der Waals surface area contributed by atoms with Crippen LogP contribution in [0, 0.1) is 5.82 Å². The highest BCUT2D eigenvalue weighted by molar-refractivity contribution is 9.10. The number of nitrogens with one attached hydrogen (secondary N) is 1. The van der Waals surface area contributed by atoms with Crippen molar-refractivity contribution in [2.24, 2.45) is 12.9 Å². The molecule has 0 amide bonds. The van der Waals surface area contributed by atoms with Crippen molar-refractivity contribution in [3.63, 3.8) is 0 Å². The monoisotopic (exact) mass is 328 g/mol. The molecule has 1 unspecified atom stereocenters. The van der Waals surface area contributed by atoms with Gasteiger partial charge in [-0.05, 0) is 17.7 Å². The second-order valence-electron chi connectivity index (χ2n) is 3.99. The van der Waals surface area contributed by atoms with Crippen LogP contribution in [0.15, 0.2) is 28.9 Å². The minimum absolute atomic E-state index is 0.316. The maximum atomic E-state index is 13.2. The summed E-state index contributed by atoms with van der Waals surface area (Å²) in [5.41, 5.74) is 4.26. The molecule has 0 aliphatic rings. The van der Waals surface area contributed by atoms with E-state index in [4.69, 9.17) is 10.6 Å². The molecule has 2 aromatic rings. The highest BCUT2D eigenvalue weighted by Gasteiger charge is 2.23. The molecule has 0 saturated carbocycles. The smallest absolute Gasteiger partial charge is 0.161 e. The van der Waals surface area contributed by atoms with Gasteiger partial charge in [0.1, 0.15) is 11.5 Å². The largest absolute Gasteiger partial charge is 0.493 e. The first-order chi connectivity index (χ1) is 9.08. The van der Waals surface area contributed by atoms with Gasteiger partial charge in [-0.25, -0.2) is 9.82 Å². The van der Waals surface area contributed by atoms with Gasteiger partial charge < -0.3 is 4.74 Å². The third-order valence-corrected chi connectivity index (χ3v) is 3.57. The first kappa shape index (κ1) is 14.0. The SMILES string of the molecule is COc1cnn(C)c1C(NN)c1ccc(F)cc1Br. The van der Waals surface area contributed by atoms with Gasteiger partial charge in [0.25, 0.3) is 0 Å². The van der Waals surface area contributed by atoms with Crippen LogP contribution in [0.4, 0.5) is 4.39 Å². The molecule has 0 radical (unpaired) electrons. The first-order valence-corrected chi connectivity index (χ1v) is 6.34. The van der Waals surface area contributed by atoms with E-state index in [1.54, 1.807) is 31.1 Å². The number of aryl methyl sites for hydroxylation is 1. The van der Waals surface area contributed by atoms with Gasteiger partial charge in [0.15, 0.2) is 5.75 Å². The Morgan fingerprint density at radius 3 is 2.84 bits per heavy atom. The number of methoxy groups -OCH3 is 1. The molecule has 0 fully saturated rings. The zero-order chi connectivity index (χ0) is 14.0. The van der Waals surface area contributed by atoms with Crippen molar-refractivity contribution in [2.45, 2.75) is 6.04 Å². The average molecular weight is 329 g/mol. The molecular weight excluding hydrogens is 315 g/mol. The molecule has 1 heterocycles. The van der Waals surface area contributed by atoms with Crippen LogP contribution in [-0.2, 0) is 7.05 Å². The number of aromatic nitrogens is 2. The van der Waals surface area contributed by atoms with E-state index in [9.17, 15) is 4.39 Å². The molecule has 0 aliphatic carbocycles. The van der Waals surface area contributed by atoms with Crippen LogP contribution in [-0.4, -0.2) is 16.9 Å². The van der Waals surface area contributed by atoms with Gasteiger partial charge in [-0.15, -0.1) is 0 Å². The van der Waals surface area contributed by atoms with Crippen LogP contribution in [0.25, 0.3) is 0 Å². The van der Waals surface area contributed by atoms with Gasteiger partial charge in [-0.1, -0.05) is 22.0 Å². The minimum atomic E-state index is -0.363. The summed E-state index contributed by atoms with van der Waals surface area (Å²) in [6, 6.07) is 4.07. The van der Waals surface area contributed by atoms with Gasteiger partial charge in [0, 0.05) is 11.5 Å². The van der Waals surface area contributed by atoms with Crippen LogP contribution >= 0.6 is 15.9 Å². The summed E-state index contributed by atoms with van der Waals surface area (Å²) < 4.78 is 20.7. The van der Waals surface area contributed by atoms with Gasteiger partial charge in [0.2, 0.25) is 0 Å². The van der Waals surface area contributed by atoms with Crippen molar-refractivity contribution in [1.29, 1.82) is 0 Å². The number of hydrogen-bond donors (Lipinski definition) is 2. The van der Waals surface area contributed by atoms with Crippen molar-refractivity contribution in [1.82, 2.24) is 15.2 Å². The number of nitrogens with zero attached hydrogens (tertiary/aromatic N) is 2. The molecule has 1 atom stereocenters. The minimum Gasteiger partial charge on any atom is -0.493 e. The number of benzene rings is 1. The van der Waals surface area contributed by atoms with Gasteiger partial charge >= 0.3 is 0 Å². The molecule has 3 N–H and O–H groups in total. The number of hydrazine groups is 1. The predicted molar refractivity (Wildman–Crippen MR) is 73.0 cm³/mol. The fourth-order valence-electron chi connectivity index (χ4n) is 1.96. The van der Waals surface area contributed by atoms with E-state index in [1.807, 2.05) is 0 Å². The van der Waals surface area contributed by atoms with E-state index in [1.165, 1.54) is 12.1 Å². The summed E-state index contributed by atoms with van der Waals surface area (Å²) in [6.45, 7) is 0. The fraction of sp³-hybridized carbons (Fsp3) is 0.250. The van der Waals surface area contributed by atoms with Gasteiger partial charge in [-0.3, -0.25) is 10.5 Å². The number of rotatable bonds is 4. The highest BCUT2D eigenvalue weighted by atomic mass is 79.9. The Morgan fingerprint density at radius 1 is 1.53 bits per heavy atom. The van der Waals surface area contributed by atoms with Crippen LogP contribution in [0.3, 0.4) is 0 Å². The summed E-state index contributed by atoms with van der Waals surface area (Å²) in [7, 11) is 3.35. The Labute approximate surface area is 118 Å². The molecule has 0 aliphatic heterocycles. The van der Waals surface area contributed by atoms with Gasteiger partial charge in [0.05, 0.1) is 19.3 Å². The summed E-state index contributed by atoms with van der Waals surface area (Å²) >= 11 is 3.34. The van der Waals surface area contributed by atoms with E-state index in [0.717, 1.165) is 11.3 Å². The normalized spacial score (nSPS) is 12.5. The van der Waals surface area contributed by atoms with E-state index in [-0.39, 0.29) is 11.9 Å². The molecule has 5 nitrogen and oxygen atoms in total. The van der Waals surface area contributed by atoms with Crippen LogP contribution in [0.1, 0.15) is 17.3 Å². The van der Waals surface area contributed by atoms with Gasteiger partial charge in [-0.2, -0.15) is 5.10 Å². The average Bonchev–Trinajstić information content (AvgIpc) is 2.74. The van der Waals surface area contributed by atoms with E-state index in [0.29, 0.717) is 10.2 Å². The second-order valence-corrected chi connectivity index (χ2v) is 4.84. The van der Waals surface area contributed by atoms with Crippen molar-refractivity contribution < 1.29 is 9.13 Å². The first-order valence-electron chi connectivity index (χ1n) is 5.55. The molecule has 0 saturated heterocycles. The quantitative estimate of drug-likeness (QED) is 0.664. The zero-order valence-corrected chi connectivity index (χ0v) is 12.1. The third-order valence-electron chi connectivity index (χ3n) is 2.88. The Morgan fingerprint density at radius 2 is 2.26 bits per heavy atom. The van der Waals surface area contributed by atoms with Crippen LogP contribution < -0.4 is 16.0 Å². The van der Waals surface area contributed by atoms with E-state index in [2.05, 4.69) is 26.5 Å².